The molecule has 0 aliphatic rings. The van der Waals surface area contributed by atoms with Crippen molar-refractivity contribution in [2.24, 2.45) is 0 Å². The average molecular weight is 916 g/mol. The van der Waals surface area contributed by atoms with E-state index in [0.717, 1.165) is 12.1 Å². The predicted molar refractivity (Wildman–Crippen MR) is 205 cm³/mol. The summed E-state index contributed by atoms with van der Waals surface area (Å²) in [5.41, 5.74) is -0.184. The molecule has 0 saturated heterocycles. The van der Waals surface area contributed by atoms with Gasteiger partial charge in [0.1, 0.15) is 6.61 Å². The highest BCUT2D eigenvalue weighted by molar-refractivity contribution is 5.96. The minimum absolute atomic E-state index is 0.0340. The molecule has 63 heavy (non-hydrogen) atoms. The third-order valence-corrected chi connectivity index (χ3v) is 7.89. The highest BCUT2D eigenvalue weighted by atomic mass is 19.4. The lowest BCUT2D eigenvalue weighted by molar-refractivity contribution is -0.138. The van der Waals surface area contributed by atoms with Crippen molar-refractivity contribution in [3.8, 4) is 5.75 Å². The number of alkyl halides is 3. The first kappa shape index (κ1) is 52.8. The zero-order chi connectivity index (χ0) is 45.7. The molecule has 0 saturated carbocycles. The lowest BCUT2D eigenvalue weighted by Gasteiger charge is -2.13. The van der Waals surface area contributed by atoms with E-state index in [2.05, 4.69) is 10.1 Å². The van der Waals surface area contributed by atoms with Crippen LogP contribution in [0.2, 0.25) is 0 Å². The molecular formula is C41H49F8NO13. The number of hydrogen-bond acceptors (Lipinski definition) is 14. The largest absolute Gasteiger partial charge is 0.460 e. The van der Waals surface area contributed by atoms with Gasteiger partial charge in [-0.15, -0.1) is 0 Å². The van der Waals surface area contributed by atoms with Crippen molar-refractivity contribution in [2.45, 2.75) is 12.6 Å². The molecule has 0 fully saturated rings. The van der Waals surface area contributed by atoms with Gasteiger partial charge in [0.2, 0.25) is 34.8 Å². The average Bonchev–Trinajstić information content (AvgIpc) is 3.27. The number of benzene rings is 3. The van der Waals surface area contributed by atoms with Crippen LogP contribution in [0.4, 0.5) is 46.5 Å². The van der Waals surface area contributed by atoms with Crippen LogP contribution in [0.5, 0.6) is 5.75 Å². The maximum Gasteiger partial charge on any atom is 0.416 e. The summed E-state index contributed by atoms with van der Waals surface area (Å²) in [4.78, 5) is 24.3. The Balaban J connectivity index is 1.01. The summed E-state index contributed by atoms with van der Waals surface area (Å²) in [6.45, 7) is 4.70. The van der Waals surface area contributed by atoms with E-state index in [4.69, 9.17) is 47.4 Å². The third kappa shape index (κ3) is 21.1. The third-order valence-electron chi connectivity index (χ3n) is 7.89. The van der Waals surface area contributed by atoms with E-state index in [0.29, 0.717) is 78.4 Å². The molecule has 352 valence electrons. The standard InChI is InChI=1S/C41H49F8NO13/c42-34-35(43)37(45)39(38(46)36(34)44)63-33(51)8-9-53-10-11-54-12-13-55-14-15-56-16-17-57-18-19-58-20-21-59-22-23-60-24-25-61-26-27-62-40(52)31-6-1-2-7-32(31)50-30-5-3-4-29(28-30)41(47,48)49/h1-7,28,50H,8-27H2. The maximum absolute atomic E-state index is 13.6. The number of nitrogens with one attached hydrogen (secondary N) is 1. The second kappa shape index (κ2) is 30.5. The Kier molecular flexibility index (Phi) is 25.6. The van der Waals surface area contributed by atoms with E-state index in [9.17, 15) is 44.7 Å². The van der Waals surface area contributed by atoms with Crippen molar-refractivity contribution in [3.05, 3.63) is 88.7 Å². The molecule has 0 atom stereocenters. The monoisotopic (exact) mass is 915 g/mol. The number of esters is 2. The van der Waals surface area contributed by atoms with Crippen LogP contribution < -0.4 is 10.1 Å². The molecule has 0 aliphatic carbocycles. The first-order chi connectivity index (χ1) is 30.4. The highest BCUT2D eigenvalue weighted by Gasteiger charge is 2.31. The second-order valence-electron chi connectivity index (χ2n) is 12.5. The number of rotatable bonds is 34. The number of ether oxygens (including phenoxy) is 11. The molecular weight excluding hydrogens is 866 g/mol. The SMILES string of the molecule is O=C(CCOCCOCCOCCOCCOCCOCCOCCOCCOCCOC(=O)c1ccccc1Nc1cccc(C(F)(F)F)c1)Oc1c(F)c(F)c(F)c(F)c1F. The van der Waals surface area contributed by atoms with Gasteiger partial charge in [0.05, 0.1) is 142 Å². The summed E-state index contributed by atoms with van der Waals surface area (Å²) in [6.07, 6.45) is -5.01. The zero-order valence-corrected chi connectivity index (χ0v) is 34.1. The van der Waals surface area contributed by atoms with Crippen LogP contribution in [0.25, 0.3) is 0 Å². The molecule has 0 heterocycles. The second-order valence-corrected chi connectivity index (χ2v) is 12.5. The number of carbonyl (C=O) groups excluding carboxylic acids is 2. The van der Waals surface area contributed by atoms with Crippen LogP contribution in [0.3, 0.4) is 0 Å². The van der Waals surface area contributed by atoms with Crippen LogP contribution in [0.15, 0.2) is 48.5 Å². The van der Waals surface area contributed by atoms with Crippen molar-refractivity contribution in [1.82, 2.24) is 0 Å². The molecule has 0 unspecified atom stereocenters. The van der Waals surface area contributed by atoms with E-state index in [1.807, 2.05) is 0 Å². The fourth-order valence-electron chi connectivity index (χ4n) is 4.83. The first-order valence-corrected chi connectivity index (χ1v) is 19.5. The van der Waals surface area contributed by atoms with Gasteiger partial charge in [-0.25, -0.2) is 18.0 Å². The summed E-state index contributed by atoms with van der Waals surface area (Å²) in [5, 5.41) is 2.84. The fourth-order valence-corrected chi connectivity index (χ4v) is 4.83. The molecule has 0 bridgehead atoms. The molecule has 0 amide bonds. The maximum atomic E-state index is 13.6. The van der Waals surface area contributed by atoms with Crippen LogP contribution in [0, 0.1) is 29.1 Å². The number of halogens is 8. The molecule has 0 aromatic heterocycles. The smallest absolute Gasteiger partial charge is 0.416 e. The molecule has 1 N–H and O–H groups in total. The van der Waals surface area contributed by atoms with Gasteiger partial charge in [0.25, 0.3) is 0 Å². The minimum Gasteiger partial charge on any atom is -0.460 e. The molecule has 0 aliphatic heterocycles. The van der Waals surface area contributed by atoms with Gasteiger partial charge in [-0.2, -0.15) is 22.0 Å². The Morgan fingerprint density at radius 1 is 0.476 bits per heavy atom. The lowest BCUT2D eigenvalue weighted by atomic mass is 10.1. The summed E-state index contributed by atoms with van der Waals surface area (Å²) in [5.74, 6) is -14.9. The van der Waals surface area contributed by atoms with Crippen molar-refractivity contribution in [1.29, 1.82) is 0 Å². The van der Waals surface area contributed by atoms with E-state index < -0.39 is 64.9 Å². The Morgan fingerprint density at radius 3 is 1.32 bits per heavy atom. The van der Waals surface area contributed by atoms with E-state index in [1.54, 1.807) is 18.2 Å². The van der Waals surface area contributed by atoms with Crippen molar-refractivity contribution < 1.29 is 96.8 Å². The van der Waals surface area contributed by atoms with Gasteiger partial charge >= 0.3 is 18.1 Å². The number of para-hydroxylation sites is 1. The van der Waals surface area contributed by atoms with E-state index >= 15 is 0 Å². The summed E-state index contributed by atoms with van der Waals surface area (Å²) < 4.78 is 164. The lowest BCUT2D eigenvalue weighted by Crippen LogP contribution is -2.16. The minimum atomic E-state index is -4.50. The van der Waals surface area contributed by atoms with Crippen molar-refractivity contribution >= 4 is 23.3 Å². The van der Waals surface area contributed by atoms with Crippen LogP contribution in [-0.2, 0) is 58.3 Å². The normalized spacial score (nSPS) is 11.6. The Labute approximate surface area is 357 Å². The van der Waals surface area contributed by atoms with Gasteiger partial charge in [-0.05, 0) is 30.3 Å². The topological polar surface area (TPSA) is 148 Å². The van der Waals surface area contributed by atoms with Gasteiger partial charge in [0.15, 0.2) is 0 Å². The number of carbonyl (C=O) groups is 2. The van der Waals surface area contributed by atoms with Gasteiger partial charge in [0, 0.05) is 5.69 Å². The van der Waals surface area contributed by atoms with Gasteiger partial charge < -0.3 is 57.4 Å². The zero-order valence-electron chi connectivity index (χ0n) is 34.1. The van der Waals surface area contributed by atoms with Crippen LogP contribution in [-0.4, -0.2) is 137 Å². The number of anilines is 2. The molecule has 0 spiro atoms. The highest BCUT2D eigenvalue weighted by Crippen LogP contribution is 2.32. The molecule has 14 nitrogen and oxygen atoms in total. The summed E-state index contributed by atoms with van der Waals surface area (Å²) in [6, 6.07) is 11.0. The Morgan fingerprint density at radius 2 is 0.873 bits per heavy atom. The molecule has 0 radical (unpaired) electrons. The van der Waals surface area contributed by atoms with Crippen molar-refractivity contribution in [3.63, 3.8) is 0 Å². The van der Waals surface area contributed by atoms with Crippen LogP contribution in [0.1, 0.15) is 22.3 Å². The molecule has 3 rings (SSSR count). The summed E-state index contributed by atoms with van der Waals surface area (Å²) >= 11 is 0. The summed E-state index contributed by atoms with van der Waals surface area (Å²) in [7, 11) is 0. The molecule has 3 aromatic carbocycles. The van der Waals surface area contributed by atoms with Crippen LogP contribution >= 0.6 is 0 Å². The quantitative estimate of drug-likeness (QED) is 0.0175. The van der Waals surface area contributed by atoms with E-state index in [1.165, 1.54) is 18.2 Å². The van der Waals surface area contributed by atoms with E-state index in [-0.39, 0.29) is 64.1 Å². The number of hydrogen-bond donors (Lipinski definition) is 1. The predicted octanol–water partition coefficient (Wildman–Crippen LogP) is 6.45. The Hall–Kier alpha value is -4.52. The van der Waals surface area contributed by atoms with Gasteiger partial charge in [-0.1, -0.05) is 18.2 Å². The first-order valence-electron chi connectivity index (χ1n) is 19.5. The van der Waals surface area contributed by atoms with Gasteiger partial charge in [-0.3, -0.25) is 4.79 Å². The molecule has 22 heteroatoms. The Bertz CT molecular complexity index is 1760. The fraction of sp³-hybridized carbons (Fsp3) is 0.512. The van der Waals surface area contributed by atoms with Crippen molar-refractivity contribution in [2.75, 3.05) is 131 Å². The molecule has 3 aromatic rings.